The Kier molecular flexibility index (Phi) is 5.20. The van der Waals surface area contributed by atoms with Crippen molar-refractivity contribution in [1.29, 1.82) is 0 Å². The zero-order chi connectivity index (χ0) is 18.1. The fraction of sp³-hybridized carbons (Fsp3) is 0.474. The minimum Gasteiger partial charge on any atom is -0.350 e. The number of carbonyl (C=O) groups excluding carboxylic acids is 1. The van der Waals surface area contributed by atoms with Crippen molar-refractivity contribution in [3.8, 4) is 0 Å². The lowest BCUT2D eigenvalue weighted by Crippen LogP contribution is -2.46. The van der Waals surface area contributed by atoms with Gasteiger partial charge >= 0.3 is 0 Å². The van der Waals surface area contributed by atoms with Crippen molar-refractivity contribution in [2.75, 3.05) is 13.1 Å². The third-order valence-electron chi connectivity index (χ3n) is 5.63. The van der Waals surface area contributed by atoms with Crippen molar-refractivity contribution in [2.45, 2.75) is 37.8 Å². The van der Waals surface area contributed by atoms with Crippen LogP contribution in [-0.2, 0) is 0 Å². The van der Waals surface area contributed by atoms with Crippen LogP contribution in [0.15, 0.2) is 35.0 Å². The van der Waals surface area contributed by atoms with E-state index in [2.05, 4.69) is 20.2 Å². The number of hydrogen-bond acceptors (Lipinski definition) is 3. The number of nitrogens with zero attached hydrogens (tertiary/aromatic N) is 2. The van der Waals surface area contributed by atoms with E-state index in [0.717, 1.165) is 30.4 Å². The molecule has 2 aromatic rings. The summed E-state index contributed by atoms with van der Waals surface area (Å²) in [6, 6.07) is 6.71. The maximum Gasteiger partial charge on any atom is 0.269 e. The monoisotopic (exact) mass is 392 g/mol. The molecular weight excluding hydrogens is 371 g/mol. The maximum absolute atomic E-state index is 12.4. The maximum atomic E-state index is 12.4. The van der Waals surface area contributed by atoms with Crippen LogP contribution in [0.3, 0.4) is 0 Å². The van der Waals surface area contributed by atoms with Gasteiger partial charge in [-0.2, -0.15) is 0 Å². The molecule has 2 aliphatic heterocycles. The van der Waals surface area contributed by atoms with Crippen LogP contribution < -0.4 is 5.32 Å². The Labute approximate surface area is 162 Å². The van der Waals surface area contributed by atoms with Gasteiger partial charge in [0.05, 0.1) is 0 Å². The lowest BCUT2D eigenvalue weighted by molar-refractivity contribution is 0.0896. The molecule has 1 amide bonds. The van der Waals surface area contributed by atoms with Gasteiger partial charge in [-0.05, 0) is 49.8 Å². The largest absolute Gasteiger partial charge is 0.350 e. The third-order valence-corrected chi connectivity index (χ3v) is 6.23. The number of nitrogens with one attached hydrogen (secondary N) is 2. The number of halogens is 2. The minimum absolute atomic E-state index is 0.107. The Morgan fingerprint density at radius 1 is 1.31 bits per heavy atom. The molecule has 5 nitrogen and oxygen atoms in total. The zero-order valence-electron chi connectivity index (χ0n) is 14.4. The van der Waals surface area contributed by atoms with Gasteiger partial charge in [0, 0.05) is 47.3 Å². The molecule has 2 saturated heterocycles. The van der Waals surface area contributed by atoms with E-state index in [1.165, 1.54) is 18.4 Å². The van der Waals surface area contributed by atoms with Crippen LogP contribution in [0.4, 0.5) is 0 Å². The van der Waals surface area contributed by atoms with Gasteiger partial charge in [-0.15, -0.1) is 0 Å². The molecule has 2 N–H and O–H groups in total. The molecule has 0 aliphatic carbocycles. The second kappa shape index (κ2) is 7.59. The van der Waals surface area contributed by atoms with Crippen LogP contribution in [0, 0.1) is 5.92 Å². The molecule has 2 aliphatic rings. The number of amides is 1. The smallest absolute Gasteiger partial charge is 0.269 e. The molecule has 138 valence electrons. The van der Waals surface area contributed by atoms with Gasteiger partial charge in [0.2, 0.25) is 0 Å². The first-order valence-corrected chi connectivity index (χ1v) is 9.88. The molecule has 4 rings (SSSR count). The second-order valence-electron chi connectivity index (χ2n) is 7.27. The first-order valence-electron chi connectivity index (χ1n) is 9.07. The molecule has 0 saturated carbocycles. The summed E-state index contributed by atoms with van der Waals surface area (Å²) in [7, 11) is 0. The summed E-state index contributed by atoms with van der Waals surface area (Å²) in [5, 5.41) is 4.77. The third kappa shape index (κ3) is 3.61. The van der Waals surface area contributed by atoms with E-state index in [1.54, 1.807) is 6.07 Å². The van der Waals surface area contributed by atoms with Crippen molar-refractivity contribution in [3.05, 3.63) is 40.7 Å². The highest BCUT2D eigenvalue weighted by Gasteiger charge is 2.40. The summed E-state index contributed by atoms with van der Waals surface area (Å²) in [5.41, 5.74) is 2.66. The first-order chi connectivity index (χ1) is 12.6. The van der Waals surface area contributed by atoms with Crippen LogP contribution in [-0.4, -0.2) is 45.9 Å². The highest BCUT2D eigenvalue weighted by atomic mass is 35.5. The number of aromatic amines is 1. The minimum atomic E-state index is -0.107. The number of rotatable bonds is 5. The van der Waals surface area contributed by atoms with Crippen molar-refractivity contribution in [3.63, 3.8) is 0 Å². The normalized spacial score (nSPS) is 26.4. The quantitative estimate of drug-likeness (QED) is 0.811. The van der Waals surface area contributed by atoms with E-state index >= 15 is 0 Å². The predicted octanol–water partition coefficient (Wildman–Crippen LogP) is 3.85. The molecule has 1 unspecified atom stereocenters. The van der Waals surface area contributed by atoms with E-state index in [1.807, 2.05) is 18.3 Å². The van der Waals surface area contributed by atoms with Crippen LogP contribution in [0.1, 0.15) is 36.2 Å². The van der Waals surface area contributed by atoms with Crippen molar-refractivity contribution in [1.82, 2.24) is 20.2 Å². The topological polar surface area (TPSA) is 61.0 Å². The van der Waals surface area contributed by atoms with Crippen molar-refractivity contribution in [2.24, 2.45) is 5.92 Å². The fourth-order valence-corrected chi connectivity index (χ4v) is 4.61. The van der Waals surface area contributed by atoms with Crippen LogP contribution in [0.2, 0.25) is 0 Å². The number of aromatic nitrogens is 2. The number of pyridine rings is 1. The number of carbonyl (C=O) groups is 1. The Bertz CT molecular complexity index is 820. The lowest BCUT2D eigenvalue weighted by atomic mass is 9.90. The van der Waals surface area contributed by atoms with E-state index < -0.39 is 0 Å². The number of piperidine rings is 1. The average Bonchev–Trinajstić information content (AvgIpc) is 3.20. The summed E-state index contributed by atoms with van der Waals surface area (Å²) in [6.45, 7) is 1.43. The number of hydrogen-bond donors (Lipinski definition) is 2. The standard InChI is InChI=1S/C19H22Cl2N4O/c20-9-14(21)11-25-15-2-3-16(25)8-12(7-15)10-23-19(26)17-4-1-13-5-6-22-18(13)24-17/h1,4-6,9,12,15-16H,2-3,7-8,10-11H2,(H,22,24)(H,23,26)/t12?,15-,16+. The summed E-state index contributed by atoms with van der Waals surface area (Å²) in [4.78, 5) is 22.3. The van der Waals surface area contributed by atoms with Crippen LogP contribution in [0.25, 0.3) is 11.0 Å². The molecule has 7 heteroatoms. The predicted molar refractivity (Wildman–Crippen MR) is 104 cm³/mol. The molecule has 2 aromatic heterocycles. The van der Waals surface area contributed by atoms with Gasteiger partial charge in [0.25, 0.3) is 5.91 Å². The number of fused-ring (bicyclic) bond motifs is 3. The SMILES string of the molecule is O=C(NCC1C[C@H]2CC[C@@H](C1)N2CC(Cl)=CCl)c1ccc2cc[nH]c2n1. The Morgan fingerprint density at radius 2 is 2.08 bits per heavy atom. The van der Waals surface area contributed by atoms with Gasteiger partial charge in [0.15, 0.2) is 0 Å². The highest BCUT2D eigenvalue weighted by Crippen LogP contribution is 2.39. The molecule has 26 heavy (non-hydrogen) atoms. The van der Waals surface area contributed by atoms with Gasteiger partial charge in [0.1, 0.15) is 11.3 Å². The fourth-order valence-electron chi connectivity index (χ4n) is 4.41. The van der Waals surface area contributed by atoms with Gasteiger partial charge in [-0.3, -0.25) is 9.69 Å². The lowest BCUT2D eigenvalue weighted by Gasteiger charge is -2.38. The van der Waals surface area contributed by atoms with E-state index in [-0.39, 0.29) is 5.91 Å². The molecule has 4 heterocycles. The Morgan fingerprint density at radius 3 is 2.81 bits per heavy atom. The highest BCUT2D eigenvalue weighted by molar-refractivity contribution is 6.36. The van der Waals surface area contributed by atoms with Gasteiger partial charge in [-0.25, -0.2) is 4.98 Å². The molecule has 0 spiro atoms. The average molecular weight is 393 g/mol. The molecule has 3 atom stereocenters. The number of H-pyrrole nitrogens is 1. The van der Waals surface area contributed by atoms with E-state index in [4.69, 9.17) is 23.2 Å². The molecule has 0 radical (unpaired) electrons. The Hall–Kier alpha value is -1.56. The molecular formula is C19H22Cl2N4O. The summed E-state index contributed by atoms with van der Waals surface area (Å²) < 4.78 is 0. The van der Waals surface area contributed by atoms with Gasteiger partial charge < -0.3 is 10.3 Å². The summed E-state index contributed by atoms with van der Waals surface area (Å²) in [5.74, 6) is 0.394. The van der Waals surface area contributed by atoms with E-state index in [9.17, 15) is 4.79 Å². The summed E-state index contributed by atoms with van der Waals surface area (Å²) in [6.07, 6.45) is 6.41. The van der Waals surface area contributed by atoms with Crippen LogP contribution in [0.5, 0.6) is 0 Å². The first kappa shape index (κ1) is 17.8. The zero-order valence-corrected chi connectivity index (χ0v) is 15.9. The van der Waals surface area contributed by atoms with Crippen LogP contribution >= 0.6 is 23.2 Å². The molecule has 2 fully saturated rings. The molecule has 0 aromatic carbocycles. The second-order valence-corrected chi connectivity index (χ2v) is 7.98. The van der Waals surface area contributed by atoms with Gasteiger partial charge in [-0.1, -0.05) is 23.2 Å². The summed E-state index contributed by atoms with van der Waals surface area (Å²) >= 11 is 11.8. The van der Waals surface area contributed by atoms with Crippen molar-refractivity contribution < 1.29 is 4.79 Å². The molecule has 2 bridgehead atoms. The van der Waals surface area contributed by atoms with Crippen molar-refractivity contribution >= 4 is 40.1 Å². The Balaban J connectivity index is 1.33. The van der Waals surface area contributed by atoms with E-state index in [0.29, 0.717) is 35.3 Å².